The predicted octanol–water partition coefficient (Wildman–Crippen LogP) is 4.66. The maximum Gasteiger partial charge on any atom is 0.255 e. The normalized spacial score (nSPS) is 10.2. The number of anilines is 1. The molecule has 0 aliphatic carbocycles. The summed E-state index contributed by atoms with van der Waals surface area (Å²) in [6, 6.07) is 12.7. The second-order valence-corrected chi connectivity index (χ2v) is 5.21. The van der Waals surface area contributed by atoms with Crippen LogP contribution in [-0.4, -0.2) is 5.91 Å². The average molecular weight is 325 g/mol. The Bertz CT molecular complexity index is 598. The molecule has 0 aliphatic heterocycles. The Hall–Kier alpha value is -1.32. The van der Waals surface area contributed by atoms with Crippen molar-refractivity contribution in [2.45, 2.75) is 6.92 Å². The minimum absolute atomic E-state index is 0.132. The third-order valence-corrected chi connectivity index (χ3v) is 3.67. The zero-order chi connectivity index (χ0) is 13.1. The van der Waals surface area contributed by atoms with E-state index in [0.717, 1.165) is 10.0 Å². The summed E-state index contributed by atoms with van der Waals surface area (Å²) >= 11 is 9.22. The number of aryl methyl sites for hydroxylation is 1. The van der Waals surface area contributed by atoms with E-state index in [2.05, 4.69) is 21.2 Å². The Labute approximate surface area is 119 Å². The molecule has 18 heavy (non-hydrogen) atoms. The molecular formula is C14H11BrClNO. The van der Waals surface area contributed by atoms with E-state index in [1.165, 1.54) is 0 Å². The minimum atomic E-state index is -0.132. The van der Waals surface area contributed by atoms with Gasteiger partial charge in [-0.1, -0.05) is 29.3 Å². The summed E-state index contributed by atoms with van der Waals surface area (Å²) in [7, 11) is 0. The van der Waals surface area contributed by atoms with Crippen LogP contribution >= 0.6 is 27.5 Å². The number of rotatable bonds is 2. The number of halogens is 2. The van der Waals surface area contributed by atoms with Crippen LogP contribution in [0.2, 0.25) is 5.02 Å². The second kappa shape index (κ2) is 5.55. The fraction of sp³-hybridized carbons (Fsp3) is 0.0714. The van der Waals surface area contributed by atoms with Crippen LogP contribution in [0.25, 0.3) is 0 Å². The number of amides is 1. The highest BCUT2D eigenvalue weighted by Crippen LogP contribution is 2.25. The van der Waals surface area contributed by atoms with Crippen LogP contribution in [0.3, 0.4) is 0 Å². The van der Waals surface area contributed by atoms with Crippen LogP contribution in [0.15, 0.2) is 46.9 Å². The zero-order valence-electron chi connectivity index (χ0n) is 9.71. The number of hydrogen-bond donors (Lipinski definition) is 1. The molecule has 0 unspecified atom stereocenters. The Morgan fingerprint density at radius 1 is 1.22 bits per heavy atom. The third-order valence-electron chi connectivity index (χ3n) is 2.46. The van der Waals surface area contributed by atoms with Crippen LogP contribution in [-0.2, 0) is 0 Å². The molecule has 0 saturated carbocycles. The number of benzene rings is 2. The molecule has 4 heteroatoms. The maximum atomic E-state index is 12.0. The average Bonchev–Trinajstić information content (AvgIpc) is 2.34. The summed E-state index contributed by atoms with van der Waals surface area (Å²) in [5, 5.41) is 3.44. The van der Waals surface area contributed by atoms with Crippen molar-refractivity contribution in [3.05, 3.63) is 63.1 Å². The van der Waals surface area contributed by atoms with E-state index in [1.54, 1.807) is 24.3 Å². The lowest BCUT2D eigenvalue weighted by molar-refractivity contribution is 0.102. The molecule has 2 nitrogen and oxygen atoms in total. The summed E-state index contributed by atoms with van der Waals surface area (Å²) < 4.78 is 0.756. The van der Waals surface area contributed by atoms with Crippen LogP contribution in [0.5, 0.6) is 0 Å². The van der Waals surface area contributed by atoms with Crippen LogP contribution in [0.1, 0.15) is 15.9 Å². The molecule has 0 atom stereocenters. The lowest BCUT2D eigenvalue weighted by Gasteiger charge is -2.07. The van der Waals surface area contributed by atoms with Gasteiger partial charge >= 0.3 is 0 Å². The van der Waals surface area contributed by atoms with Crippen LogP contribution < -0.4 is 5.32 Å². The standard InChI is InChI=1S/C14H11BrClNO/c1-9-3-2-4-10(7-9)14(18)17-11-5-6-13(16)12(15)8-11/h2-8H,1H3,(H,17,18). The number of hydrogen-bond acceptors (Lipinski definition) is 1. The molecule has 2 aromatic rings. The van der Waals surface area contributed by atoms with Gasteiger partial charge in [0.25, 0.3) is 5.91 Å². The molecule has 0 aliphatic rings. The van der Waals surface area contributed by atoms with Crippen LogP contribution in [0.4, 0.5) is 5.69 Å². The third kappa shape index (κ3) is 3.12. The summed E-state index contributed by atoms with van der Waals surface area (Å²) in [5.41, 5.74) is 2.40. The second-order valence-electron chi connectivity index (χ2n) is 3.95. The quantitative estimate of drug-likeness (QED) is 0.855. The largest absolute Gasteiger partial charge is 0.322 e. The van der Waals surface area contributed by atoms with Gasteiger partial charge in [-0.15, -0.1) is 0 Å². The molecule has 0 spiro atoms. The van der Waals surface area contributed by atoms with E-state index in [-0.39, 0.29) is 5.91 Å². The number of nitrogens with one attached hydrogen (secondary N) is 1. The summed E-state index contributed by atoms with van der Waals surface area (Å²) in [5.74, 6) is -0.132. The topological polar surface area (TPSA) is 29.1 Å². The molecule has 0 aromatic heterocycles. The van der Waals surface area contributed by atoms with Crippen molar-refractivity contribution in [3.63, 3.8) is 0 Å². The first-order chi connectivity index (χ1) is 8.56. The monoisotopic (exact) mass is 323 g/mol. The molecule has 2 aromatic carbocycles. The Balaban J connectivity index is 2.18. The van der Waals surface area contributed by atoms with Gasteiger partial charge < -0.3 is 5.32 Å². The first kappa shape index (κ1) is 13.1. The lowest BCUT2D eigenvalue weighted by Crippen LogP contribution is -2.11. The Morgan fingerprint density at radius 2 is 2.00 bits per heavy atom. The SMILES string of the molecule is Cc1cccc(C(=O)Nc2ccc(Cl)c(Br)c2)c1. The smallest absolute Gasteiger partial charge is 0.255 e. The van der Waals surface area contributed by atoms with E-state index in [0.29, 0.717) is 16.3 Å². The maximum absolute atomic E-state index is 12.0. The highest BCUT2D eigenvalue weighted by Gasteiger charge is 2.07. The first-order valence-corrected chi connectivity index (χ1v) is 6.56. The fourth-order valence-electron chi connectivity index (χ4n) is 1.56. The summed E-state index contributed by atoms with van der Waals surface area (Å²) in [6.45, 7) is 1.95. The van der Waals surface area contributed by atoms with Crippen molar-refractivity contribution >= 4 is 39.1 Å². The van der Waals surface area contributed by atoms with Crippen molar-refractivity contribution < 1.29 is 4.79 Å². The Morgan fingerprint density at radius 3 is 2.67 bits per heavy atom. The van der Waals surface area contributed by atoms with Crippen molar-refractivity contribution in [1.29, 1.82) is 0 Å². The highest BCUT2D eigenvalue weighted by atomic mass is 79.9. The molecule has 1 amide bonds. The molecular weight excluding hydrogens is 314 g/mol. The van der Waals surface area contributed by atoms with Gasteiger partial charge in [0.2, 0.25) is 0 Å². The summed E-state index contributed by atoms with van der Waals surface area (Å²) in [4.78, 5) is 12.0. The Kier molecular flexibility index (Phi) is 4.04. The van der Waals surface area contributed by atoms with Crippen molar-refractivity contribution in [3.8, 4) is 0 Å². The van der Waals surface area contributed by atoms with Crippen molar-refractivity contribution in [2.75, 3.05) is 5.32 Å². The van der Waals surface area contributed by atoms with E-state index in [1.807, 2.05) is 25.1 Å². The van der Waals surface area contributed by atoms with Gasteiger partial charge in [-0.2, -0.15) is 0 Å². The number of carbonyl (C=O) groups excluding carboxylic acids is 1. The molecule has 0 saturated heterocycles. The molecule has 92 valence electrons. The van der Waals surface area contributed by atoms with E-state index >= 15 is 0 Å². The molecule has 1 N–H and O–H groups in total. The van der Waals surface area contributed by atoms with Gasteiger partial charge in [-0.05, 0) is 53.2 Å². The lowest BCUT2D eigenvalue weighted by atomic mass is 10.1. The van der Waals surface area contributed by atoms with Gasteiger partial charge in [0, 0.05) is 15.7 Å². The van der Waals surface area contributed by atoms with Gasteiger partial charge in [-0.3, -0.25) is 4.79 Å². The van der Waals surface area contributed by atoms with Crippen molar-refractivity contribution in [1.82, 2.24) is 0 Å². The zero-order valence-corrected chi connectivity index (χ0v) is 12.0. The first-order valence-electron chi connectivity index (χ1n) is 5.39. The van der Waals surface area contributed by atoms with E-state index in [9.17, 15) is 4.79 Å². The van der Waals surface area contributed by atoms with Gasteiger partial charge in [0.05, 0.1) is 5.02 Å². The van der Waals surface area contributed by atoms with Gasteiger partial charge in [0.15, 0.2) is 0 Å². The fourth-order valence-corrected chi connectivity index (χ4v) is 2.06. The van der Waals surface area contributed by atoms with E-state index < -0.39 is 0 Å². The number of carbonyl (C=O) groups is 1. The van der Waals surface area contributed by atoms with Crippen molar-refractivity contribution in [2.24, 2.45) is 0 Å². The molecule has 0 fully saturated rings. The summed E-state index contributed by atoms with van der Waals surface area (Å²) in [6.07, 6.45) is 0. The molecule has 0 bridgehead atoms. The van der Waals surface area contributed by atoms with Gasteiger partial charge in [0.1, 0.15) is 0 Å². The van der Waals surface area contributed by atoms with E-state index in [4.69, 9.17) is 11.6 Å². The molecule has 0 radical (unpaired) electrons. The van der Waals surface area contributed by atoms with Crippen LogP contribution in [0, 0.1) is 6.92 Å². The van der Waals surface area contributed by atoms with Gasteiger partial charge in [-0.25, -0.2) is 0 Å². The molecule has 0 heterocycles. The molecule has 2 rings (SSSR count). The minimum Gasteiger partial charge on any atom is -0.322 e. The predicted molar refractivity (Wildman–Crippen MR) is 78.3 cm³/mol. The highest BCUT2D eigenvalue weighted by molar-refractivity contribution is 9.10.